The molecule has 0 spiro atoms. The first-order chi connectivity index (χ1) is 5.43. The van der Waals surface area contributed by atoms with Gasteiger partial charge in [0.2, 0.25) is 0 Å². The molecule has 0 aliphatic heterocycles. The van der Waals surface area contributed by atoms with Gasteiger partial charge in [-0.15, -0.1) is 0 Å². The summed E-state index contributed by atoms with van der Waals surface area (Å²) < 4.78 is 15.1. The van der Waals surface area contributed by atoms with Crippen molar-refractivity contribution in [1.82, 2.24) is 0 Å². The van der Waals surface area contributed by atoms with Crippen LogP contribution in [0.15, 0.2) is 22.8 Å². The van der Waals surface area contributed by atoms with E-state index in [2.05, 4.69) is 0 Å². The lowest BCUT2D eigenvalue weighted by Gasteiger charge is -1.99. The van der Waals surface area contributed by atoms with Gasteiger partial charge in [0.05, 0.1) is 19.5 Å². The van der Waals surface area contributed by atoms with E-state index < -0.39 is 0 Å². The molecule has 0 unspecified atom stereocenters. The van der Waals surface area contributed by atoms with E-state index >= 15 is 0 Å². The summed E-state index contributed by atoms with van der Waals surface area (Å²) in [6.07, 6.45) is 1.63. The highest BCUT2D eigenvalue weighted by atomic mass is 16.5. The minimum atomic E-state index is 0.524. The minimum absolute atomic E-state index is 0.524. The Morgan fingerprint density at radius 3 is 3.00 bits per heavy atom. The first-order valence-corrected chi connectivity index (χ1v) is 3.52. The normalized spacial score (nSPS) is 10.3. The molecule has 0 N–H and O–H groups in total. The molecule has 62 valence electrons. The van der Waals surface area contributed by atoms with Crippen molar-refractivity contribution in [2.24, 2.45) is 0 Å². The Balaban J connectivity index is 2.04. The van der Waals surface area contributed by atoms with Gasteiger partial charge in [-0.05, 0) is 12.1 Å². The van der Waals surface area contributed by atoms with Crippen molar-refractivity contribution >= 4 is 0 Å². The SMILES string of the molecule is COCCOCc1ccco1. The molecule has 0 saturated heterocycles. The quantitative estimate of drug-likeness (QED) is 0.604. The maximum Gasteiger partial charge on any atom is 0.129 e. The van der Waals surface area contributed by atoms with Crippen LogP contribution in [0.25, 0.3) is 0 Å². The Morgan fingerprint density at radius 1 is 1.45 bits per heavy atom. The van der Waals surface area contributed by atoms with Gasteiger partial charge in [-0.3, -0.25) is 0 Å². The summed E-state index contributed by atoms with van der Waals surface area (Å²) in [6.45, 7) is 1.76. The van der Waals surface area contributed by atoms with Gasteiger partial charge in [0.1, 0.15) is 12.4 Å². The molecule has 0 aliphatic rings. The van der Waals surface area contributed by atoms with E-state index in [0.717, 1.165) is 5.76 Å². The highest BCUT2D eigenvalue weighted by molar-refractivity contribution is 4.95. The molecule has 0 saturated carbocycles. The topological polar surface area (TPSA) is 31.6 Å². The highest BCUT2D eigenvalue weighted by Gasteiger charge is 1.93. The molecule has 1 rings (SSSR count). The zero-order valence-corrected chi connectivity index (χ0v) is 6.58. The Labute approximate surface area is 65.9 Å². The van der Waals surface area contributed by atoms with Crippen molar-refractivity contribution in [3.8, 4) is 0 Å². The fourth-order valence-electron chi connectivity index (χ4n) is 0.710. The first-order valence-electron chi connectivity index (χ1n) is 3.52. The molecular weight excluding hydrogens is 144 g/mol. The molecule has 1 aromatic heterocycles. The summed E-state index contributed by atoms with van der Waals surface area (Å²) in [5.41, 5.74) is 0. The van der Waals surface area contributed by atoms with E-state index in [1.807, 2.05) is 12.1 Å². The van der Waals surface area contributed by atoms with Crippen molar-refractivity contribution < 1.29 is 13.9 Å². The summed E-state index contributed by atoms with van der Waals surface area (Å²) in [7, 11) is 1.65. The number of hydrogen-bond acceptors (Lipinski definition) is 3. The van der Waals surface area contributed by atoms with Crippen LogP contribution in [0.2, 0.25) is 0 Å². The monoisotopic (exact) mass is 156 g/mol. The van der Waals surface area contributed by atoms with Crippen molar-refractivity contribution in [3.63, 3.8) is 0 Å². The molecule has 1 heterocycles. The van der Waals surface area contributed by atoms with Gasteiger partial charge in [-0.25, -0.2) is 0 Å². The van der Waals surface area contributed by atoms with E-state index in [1.165, 1.54) is 0 Å². The fraction of sp³-hybridized carbons (Fsp3) is 0.500. The number of ether oxygens (including phenoxy) is 2. The van der Waals surface area contributed by atoms with Crippen molar-refractivity contribution in [3.05, 3.63) is 24.2 Å². The molecule has 0 fully saturated rings. The summed E-state index contributed by atoms with van der Waals surface area (Å²) in [4.78, 5) is 0. The van der Waals surface area contributed by atoms with Crippen LogP contribution in [0, 0.1) is 0 Å². The van der Waals surface area contributed by atoms with Gasteiger partial charge in [0.25, 0.3) is 0 Å². The second kappa shape index (κ2) is 4.93. The standard InChI is InChI=1S/C8H12O3/c1-9-5-6-10-7-8-3-2-4-11-8/h2-4H,5-7H2,1H3. The third-order valence-corrected chi connectivity index (χ3v) is 1.26. The number of hydrogen-bond donors (Lipinski definition) is 0. The molecule has 0 atom stereocenters. The molecule has 0 amide bonds. The third-order valence-electron chi connectivity index (χ3n) is 1.26. The van der Waals surface area contributed by atoms with E-state index in [9.17, 15) is 0 Å². The second-order valence-corrected chi connectivity index (χ2v) is 2.12. The summed E-state index contributed by atoms with van der Waals surface area (Å²) in [6, 6.07) is 3.72. The van der Waals surface area contributed by atoms with Gasteiger partial charge >= 0.3 is 0 Å². The van der Waals surface area contributed by atoms with E-state index in [-0.39, 0.29) is 0 Å². The van der Waals surface area contributed by atoms with Gasteiger partial charge in [0, 0.05) is 7.11 Å². The van der Waals surface area contributed by atoms with Crippen molar-refractivity contribution in [1.29, 1.82) is 0 Å². The van der Waals surface area contributed by atoms with E-state index in [0.29, 0.717) is 19.8 Å². The molecular formula is C8H12O3. The molecule has 3 heteroatoms. The van der Waals surface area contributed by atoms with Crippen LogP contribution in [-0.4, -0.2) is 20.3 Å². The van der Waals surface area contributed by atoms with Crippen LogP contribution in [0.4, 0.5) is 0 Å². The zero-order chi connectivity index (χ0) is 7.94. The van der Waals surface area contributed by atoms with Crippen LogP contribution >= 0.6 is 0 Å². The Morgan fingerprint density at radius 2 is 2.36 bits per heavy atom. The largest absolute Gasteiger partial charge is 0.467 e. The van der Waals surface area contributed by atoms with Crippen LogP contribution < -0.4 is 0 Å². The average molecular weight is 156 g/mol. The summed E-state index contributed by atoms with van der Waals surface area (Å²) in [5, 5.41) is 0. The van der Waals surface area contributed by atoms with Crippen LogP contribution in [-0.2, 0) is 16.1 Å². The Kier molecular flexibility index (Phi) is 3.72. The summed E-state index contributed by atoms with van der Waals surface area (Å²) >= 11 is 0. The minimum Gasteiger partial charge on any atom is -0.467 e. The van der Waals surface area contributed by atoms with Crippen LogP contribution in [0.1, 0.15) is 5.76 Å². The first kappa shape index (κ1) is 8.30. The molecule has 0 bridgehead atoms. The maximum atomic E-state index is 5.20. The van der Waals surface area contributed by atoms with Crippen molar-refractivity contribution in [2.45, 2.75) is 6.61 Å². The lowest BCUT2D eigenvalue weighted by Crippen LogP contribution is -2.00. The molecule has 1 aromatic rings. The number of rotatable bonds is 5. The van der Waals surface area contributed by atoms with Crippen LogP contribution in [0.5, 0.6) is 0 Å². The van der Waals surface area contributed by atoms with Crippen molar-refractivity contribution in [2.75, 3.05) is 20.3 Å². The van der Waals surface area contributed by atoms with E-state index in [1.54, 1.807) is 13.4 Å². The van der Waals surface area contributed by atoms with Gasteiger partial charge in [0.15, 0.2) is 0 Å². The van der Waals surface area contributed by atoms with Crippen LogP contribution in [0.3, 0.4) is 0 Å². The molecule has 3 nitrogen and oxygen atoms in total. The molecule has 0 aromatic carbocycles. The van der Waals surface area contributed by atoms with Gasteiger partial charge < -0.3 is 13.9 Å². The predicted molar refractivity (Wildman–Crippen MR) is 40.2 cm³/mol. The third kappa shape index (κ3) is 3.20. The Bertz CT molecular complexity index is 169. The highest BCUT2D eigenvalue weighted by Crippen LogP contribution is 2.00. The smallest absolute Gasteiger partial charge is 0.129 e. The molecule has 0 aliphatic carbocycles. The summed E-state index contributed by atoms with van der Waals surface area (Å²) in [5.74, 6) is 0.848. The number of furan rings is 1. The van der Waals surface area contributed by atoms with Gasteiger partial charge in [-0.1, -0.05) is 0 Å². The molecule has 11 heavy (non-hydrogen) atoms. The predicted octanol–water partition coefficient (Wildman–Crippen LogP) is 1.44. The van der Waals surface area contributed by atoms with E-state index in [4.69, 9.17) is 13.9 Å². The Hall–Kier alpha value is -0.800. The maximum absolute atomic E-state index is 5.20. The lowest BCUT2D eigenvalue weighted by molar-refractivity contribution is 0.0538. The molecule has 0 radical (unpaired) electrons. The lowest BCUT2D eigenvalue weighted by atomic mass is 10.5. The average Bonchev–Trinajstić information content (AvgIpc) is 2.50. The number of methoxy groups -OCH3 is 1. The second-order valence-electron chi connectivity index (χ2n) is 2.12. The fourth-order valence-corrected chi connectivity index (χ4v) is 0.710. The zero-order valence-electron chi connectivity index (χ0n) is 6.58. The van der Waals surface area contributed by atoms with Gasteiger partial charge in [-0.2, -0.15) is 0 Å².